The third-order valence-corrected chi connectivity index (χ3v) is 4.70. The van der Waals surface area contributed by atoms with Gasteiger partial charge in [0, 0.05) is 48.0 Å². The Labute approximate surface area is 144 Å². The number of hydrogen-bond acceptors (Lipinski definition) is 4. The fourth-order valence-corrected chi connectivity index (χ4v) is 3.43. The second-order valence-electron chi connectivity index (χ2n) is 6.33. The van der Waals surface area contributed by atoms with E-state index in [-0.39, 0.29) is 17.5 Å². The molecule has 0 spiro atoms. The lowest BCUT2D eigenvalue weighted by atomic mass is 9.94. The van der Waals surface area contributed by atoms with Gasteiger partial charge >= 0.3 is 5.69 Å². The van der Waals surface area contributed by atoms with E-state index < -0.39 is 0 Å². The van der Waals surface area contributed by atoms with Crippen LogP contribution >= 0.6 is 0 Å². The second-order valence-corrected chi connectivity index (χ2v) is 6.33. The van der Waals surface area contributed by atoms with Crippen LogP contribution in [0.25, 0.3) is 10.9 Å². The Morgan fingerprint density at radius 1 is 1.16 bits per heavy atom. The molecule has 1 N–H and O–H groups in total. The molecule has 6 heteroatoms. The molecule has 1 aliphatic rings. The average molecular weight is 334 g/mol. The fourth-order valence-electron chi connectivity index (χ4n) is 3.43. The molecular formula is C19H18N4O2. The maximum absolute atomic E-state index is 12.9. The van der Waals surface area contributed by atoms with Crippen LogP contribution in [0.1, 0.15) is 34.8 Å². The zero-order chi connectivity index (χ0) is 17.2. The van der Waals surface area contributed by atoms with Crippen molar-refractivity contribution in [3.05, 3.63) is 70.5 Å². The van der Waals surface area contributed by atoms with E-state index in [0.717, 1.165) is 36.0 Å². The SMILES string of the molecule is O=C(c1ccc2ncccc2c1)N1CCC[C@H](c2ccnc(=O)[nH]2)C1. The summed E-state index contributed by atoms with van der Waals surface area (Å²) >= 11 is 0. The van der Waals surface area contributed by atoms with Crippen LogP contribution in [-0.4, -0.2) is 38.8 Å². The summed E-state index contributed by atoms with van der Waals surface area (Å²) in [6, 6.07) is 11.2. The molecule has 6 nitrogen and oxygen atoms in total. The van der Waals surface area contributed by atoms with E-state index >= 15 is 0 Å². The zero-order valence-electron chi connectivity index (χ0n) is 13.7. The van der Waals surface area contributed by atoms with Gasteiger partial charge in [-0.15, -0.1) is 0 Å². The minimum atomic E-state index is -0.344. The van der Waals surface area contributed by atoms with E-state index in [1.54, 1.807) is 6.20 Å². The number of aromatic nitrogens is 3. The third-order valence-electron chi connectivity index (χ3n) is 4.70. The number of carbonyl (C=O) groups is 1. The van der Waals surface area contributed by atoms with Gasteiger partial charge in [0.25, 0.3) is 5.91 Å². The number of rotatable bonds is 2. The Bertz CT molecular complexity index is 982. The Morgan fingerprint density at radius 2 is 2.08 bits per heavy atom. The van der Waals surface area contributed by atoms with Crippen molar-refractivity contribution in [1.29, 1.82) is 0 Å². The first-order valence-electron chi connectivity index (χ1n) is 8.40. The topological polar surface area (TPSA) is 79.0 Å². The standard InChI is InChI=1S/C19H18N4O2/c24-18(14-5-6-16-13(11-14)3-1-8-20-16)23-10-2-4-15(12-23)17-7-9-21-19(25)22-17/h1,3,5-9,11,15H,2,4,10,12H2,(H,21,22,25)/t15-/m0/s1. The first-order valence-corrected chi connectivity index (χ1v) is 8.40. The number of H-pyrrole nitrogens is 1. The van der Waals surface area contributed by atoms with Crippen LogP contribution < -0.4 is 5.69 Å². The number of pyridine rings is 1. The Balaban J connectivity index is 1.57. The van der Waals surface area contributed by atoms with Crippen LogP contribution in [0.5, 0.6) is 0 Å². The molecule has 2 aromatic heterocycles. The number of likely N-dealkylation sites (tertiary alicyclic amines) is 1. The molecule has 1 amide bonds. The van der Waals surface area contributed by atoms with Gasteiger partial charge < -0.3 is 9.88 Å². The average Bonchev–Trinajstić information content (AvgIpc) is 2.67. The maximum atomic E-state index is 12.9. The largest absolute Gasteiger partial charge is 0.345 e. The molecule has 0 aliphatic carbocycles. The summed E-state index contributed by atoms with van der Waals surface area (Å²) in [5.74, 6) is 0.155. The minimum Gasteiger partial charge on any atom is -0.338 e. The van der Waals surface area contributed by atoms with Gasteiger partial charge in [0.15, 0.2) is 0 Å². The predicted molar refractivity (Wildman–Crippen MR) is 94.5 cm³/mol. The van der Waals surface area contributed by atoms with Crippen LogP contribution in [0.4, 0.5) is 0 Å². The van der Waals surface area contributed by atoms with E-state index in [1.807, 2.05) is 41.3 Å². The highest BCUT2D eigenvalue weighted by Crippen LogP contribution is 2.26. The van der Waals surface area contributed by atoms with Crippen molar-refractivity contribution < 1.29 is 4.79 Å². The number of hydrogen-bond donors (Lipinski definition) is 1. The molecule has 1 saturated heterocycles. The van der Waals surface area contributed by atoms with Crippen molar-refractivity contribution in [3.63, 3.8) is 0 Å². The van der Waals surface area contributed by atoms with Crippen LogP contribution in [-0.2, 0) is 0 Å². The Morgan fingerprint density at radius 3 is 2.96 bits per heavy atom. The number of carbonyl (C=O) groups excluding carboxylic acids is 1. The summed E-state index contributed by atoms with van der Waals surface area (Å²) < 4.78 is 0. The van der Waals surface area contributed by atoms with Crippen molar-refractivity contribution in [2.45, 2.75) is 18.8 Å². The van der Waals surface area contributed by atoms with Gasteiger partial charge in [-0.05, 0) is 43.2 Å². The number of amides is 1. The van der Waals surface area contributed by atoms with Crippen LogP contribution in [0, 0.1) is 0 Å². The second kappa shape index (κ2) is 6.47. The summed E-state index contributed by atoms with van der Waals surface area (Å²) in [7, 11) is 0. The number of piperidine rings is 1. The molecule has 25 heavy (non-hydrogen) atoms. The molecule has 1 aromatic carbocycles. The molecular weight excluding hydrogens is 316 g/mol. The highest BCUT2D eigenvalue weighted by Gasteiger charge is 2.26. The maximum Gasteiger partial charge on any atom is 0.345 e. The van der Waals surface area contributed by atoms with Crippen molar-refractivity contribution in [1.82, 2.24) is 19.9 Å². The van der Waals surface area contributed by atoms with Gasteiger partial charge in [-0.1, -0.05) is 6.07 Å². The summed E-state index contributed by atoms with van der Waals surface area (Å²) in [6.45, 7) is 1.33. The van der Waals surface area contributed by atoms with E-state index in [0.29, 0.717) is 12.1 Å². The molecule has 0 saturated carbocycles. The molecule has 0 radical (unpaired) electrons. The van der Waals surface area contributed by atoms with E-state index in [1.165, 1.54) is 6.20 Å². The summed E-state index contributed by atoms with van der Waals surface area (Å²) in [5.41, 5.74) is 2.05. The summed E-state index contributed by atoms with van der Waals surface area (Å²) in [5, 5.41) is 0.959. The van der Waals surface area contributed by atoms with Crippen molar-refractivity contribution in [2.75, 3.05) is 13.1 Å². The molecule has 126 valence electrons. The zero-order valence-corrected chi connectivity index (χ0v) is 13.7. The number of nitrogens with zero attached hydrogens (tertiary/aromatic N) is 3. The summed E-state index contributed by atoms with van der Waals surface area (Å²) in [6.07, 6.45) is 5.13. The molecule has 3 heterocycles. The lowest BCUT2D eigenvalue weighted by Gasteiger charge is -2.32. The first-order chi connectivity index (χ1) is 12.2. The van der Waals surface area contributed by atoms with Crippen molar-refractivity contribution in [3.8, 4) is 0 Å². The normalized spacial score (nSPS) is 17.6. The molecule has 3 aromatic rings. The van der Waals surface area contributed by atoms with Crippen LogP contribution in [0.2, 0.25) is 0 Å². The molecule has 1 atom stereocenters. The molecule has 4 rings (SSSR count). The Hall–Kier alpha value is -3.02. The van der Waals surface area contributed by atoms with E-state index in [9.17, 15) is 9.59 Å². The number of nitrogens with one attached hydrogen (secondary N) is 1. The number of benzene rings is 1. The number of aromatic amines is 1. The highest BCUT2D eigenvalue weighted by molar-refractivity contribution is 5.98. The third kappa shape index (κ3) is 3.15. The monoisotopic (exact) mass is 334 g/mol. The highest BCUT2D eigenvalue weighted by atomic mass is 16.2. The van der Waals surface area contributed by atoms with E-state index in [4.69, 9.17) is 0 Å². The lowest BCUT2D eigenvalue weighted by molar-refractivity contribution is 0.0706. The smallest absolute Gasteiger partial charge is 0.338 e. The van der Waals surface area contributed by atoms with Gasteiger partial charge in [-0.3, -0.25) is 9.78 Å². The Kier molecular flexibility index (Phi) is 4.01. The van der Waals surface area contributed by atoms with Crippen molar-refractivity contribution in [2.24, 2.45) is 0 Å². The van der Waals surface area contributed by atoms with Crippen LogP contribution in [0.3, 0.4) is 0 Å². The van der Waals surface area contributed by atoms with Crippen LogP contribution in [0.15, 0.2) is 53.6 Å². The van der Waals surface area contributed by atoms with Gasteiger partial charge in [0.05, 0.1) is 5.52 Å². The van der Waals surface area contributed by atoms with Gasteiger partial charge in [0.1, 0.15) is 0 Å². The lowest BCUT2D eigenvalue weighted by Crippen LogP contribution is -2.39. The summed E-state index contributed by atoms with van der Waals surface area (Å²) in [4.78, 5) is 37.0. The molecule has 0 bridgehead atoms. The van der Waals surface area contributed by atoms with Crippen molar-refractivity contribution >= 4 is 16.8 Å². The fraction of sp³-hybridized carbons (Fsp3) is 0.263. The van der Waals surface area contributed by atoms with Gasteiger partial charge in [-0.2, -0.15) is 0 Å². The van der Waals surface area contributed by atoms with Gasteiger partial charge in [0.2, 0.25) is 0 Å². The molecule has 1 fully saturated rings. The predicted octanol–water partition coefficient (Wildman–Crippen LogP) is 2.34. The molecule has 1 aliphatic heterocycles. The minimum absolute atomic E-state index is 0.0202. The van der Waals surface area contributed by atoms with E-state index in [2.05, 4.69) is 15.0 Å². The van der Waals surface area contributed by atoms with Gasteiger partial charge in [-0.25, -0.2) is 9.78 Å². The first kappa shape index (κ1) is 15.5. The molecule has 0 unspecified atom stereocenters. The quantitative estimate of drug-likeness (QED) is 0.780. The number of fused-ring (bicyclic) bond motifs is 1.